The molecule has 1 unspecified atom stereocenters. The topological polar surface area (TPSA) is 102 Å². The average molecular weight is 479 g/mol. The van der Waals surface area contributed by atoms with Crippen LogP contribution in [-0.4, -0.2) is 55.8 Å². The number of aromatic amines is 1. The minimum atomic E-state index is -4.85. The van der Waals surface area contributed by atoms with Crippen LogP contribution in [0.4, 0.5) is 18.0 Å². The van der Waals surface area contributed by atoms with Crippen molar-refractivity contribution in [3.63, 3.8) is 0 Å². The molecule has 1 aromatic carbocycles. The maximum atomic E-state index is 12.8. The summed E-state index contributed by atoms with van der Waals surface area (Å²) in [6.45, 7) is 6.15. The van der Waals surface area contributed by atoms with E-state index in [0.717, 1.165) is 0 Å². The first-order valence-corrected chi connectivity index (χ1v) is 10.7. The van der Waals surface area contributed by atoms with Gasteiger partial charge in [-0.05, 0) is 33.3 Å². The maximum Gasteiger partial charge on any atom is 0.573 e. The predicted molar refractivity (Wildman–Crippen MR) is 116 cm³/mol. The molecule has 2 aromatic heterocycles. The number of para-hydroxylation sites is 1. The van der Waals surface area contributed by atoms with E-state index < -0.39 is 23.6 Å². The van der Waals surface area contributed by atoms with E-state index in [4.69, 9.17) is 4.74 Å². The Morgan fingerprint density at radius 2 is 1.97 bits per heavy atom. The first-order chi connectivity index (χ1) is 15.9. The molecule has 9 nitrogen and oxygen atoms in total. The second-order valence-corrected chi connectivity index (χ2v) is 9.04. The van der Waals surface area contributed by atoms with E-state index in [9.17, 15) is 22.8 Å². The minimum Gasteiger partial charge on any atom is -0.444 e. The van der Waals surface area contributed by atoms with Gasteiger partial charge >= 0.3 is 12.5 Å². The maximum absolute atomic E-state index is 12.8. The summed E-state index contributed by atoms with van der Waals surface area (Å²) in [5, 5.41) is 4.55. The first-order valence-electron chi connectivity index (χ1n) is 10.7. The Morgan fingerprint density at radius 3 is 2.68 bits per heavy atom. The Kier molecular flexibility index (Phi) is 6.00. The molecule has 1 N–H and O–H groups in total. The number of ether oxygens (including phenoxy) is 2. The van der Waals surface area contributed by atoms with Gasteiger partial charge in [0, 0.05) is 25.1 Å². The highest BCUT2D eigenvalue weighted by atomic mass is 19.4. The molecule has 1 amide bonds. The van der Waals surface area contributed by atoms with Crippen molar-refractivity contribution >= 4 is 17.1 Å². The van der Waals surface area contributed by atoms with Gasteiger partial charge in [-0.15, -0.1) is 13.2 Å². The van der Waals surface area contributed by atoms with Crippen LogP contribution in [-0.2, 0) is 11.2 Å². The molecule has 1 fully saturated rings. The largest absolute Gasteiger partial charge is 0.573 e. The Hall–Kier alpha value is -3.57. The Labute approximate surface area is 192 Å². The van der Waals surface area contributed by atoms with Crippen LogP contribution in [0.3, 0.4) is 0 Å². The van der Waals surface area contributed by atoms with Gasteiger partial charge in [-0.3, -0.25) is 4.79 Å². The number of nitrogens with one attached hydrogen (secondary N) is 1. The van der Waals surface area contributed by atoms with Gasteiger partial charge in [0.2, 0.25) is 0 Å². The number of carbonyl (C=O) groups is 1. The van der Waals surface area contributed by atoms with Crippen molar-refractivity contribution in [1.82, 2.24) is 24.6 Å². The van der Waals surface area contributed by atoms with Crippen molar-refractivity contribution in [3.05, 3.63) is 52.2 Å². The van der Waals surface area contributed by atoms with Crippen LogP contribution in [0.2, 0.25) is 0 Å². The van der Waals surface area contributed by atoms with E-state index in [1.807, 2.05) is 0 Å². The summed E-state index contributed by atoms with van der Waals surface area (Å²) < 4.78 is 49.3. The number of hydrogen-bond donors (Lipinski definition) is 1. The average Bonchev–Trinajstić information content (AvgIpc) is 3.34. The van der Waals surface area contributed by atoms with E-state index in [1.165, 1.54) is 24.4 Å². The standard InChI is InChI=1S/C22H24F3N5O4/c1-21(2,3)34-20(32)29-9-8-14(12-29)30-18-15(11-26-30)19(31)28-17(27-18)10-13-6-4-5-7-16(13)33-22(23,24)25/h4-7,11,14H,8-10,12H2,1-3H3,(H,27,28,31). The highest BCUT2D eigenvalue weighted by molar-refractivity contribution is 5.73. The van der Waals surface area contributed by atoms with Crippen LogP contribution in [0.25, 0.3) is 11.0 Å². The van der Waals surface area contributed by atoms with Crippen LogP contribution in [0.5, 0.6) is 5.75 Å². The second-order valence-electron chi connectivity index (χ2n) is 9.04. The predicted octanol–water partition coefficient (Wildman–Crippen LogP) is 3.79. The molecule has 1 aliphatic rings. The molecule has 0 saturated carbocycles. The Morgan fingerprint density at radius 1 is 1.24 bits per heavy atom. The van der Waals surface area contributed by atoms with Gasteiger partial charge in [-0.1, -0.05) is 18.2 Å². The fraction of sp³-hybridized carbons (Fsp3) is 0.455. The Balaban J connectivity index is 1.60. The number of carbonyl (C=O) groups excluding carboxylic acids is 1. The molecule has 1 aliphatic heterocycles. The summed E-state index contributed by atoms with van der Waals surface area (Å²) in [5.41, 5.74) is -0.569. The fourth-order valence-corrected chi connectivity index (χ4v) is 3.82. The molecular formula is C22H24F3N5O4. The molecule has 0 radical (unpaired) electrons. The molecule has 3 aromatic rings. The van der Waals surface area contributed by atoms with E-state index in [2.05, 4.69) is 19.8 Å². The monoisotopic (exact) mass is 479 g/mol. The van der Waals surface area contributed by atoms with Gasteiger partial charge in [0.1, 0.15) is 22.6 Å². The zero-order valence-corrected chi connectivity index (χ0v) is 18.8. The zero-order valence-electron chi connectivity index (χ0n) is 18.8. The number of hydrogen-bond acceptors (Lipinski definition) is 6. The van der Waals surface area contributed by atoms with E-state index in [-0.39, 0.29) is 35.0 Å². The normalized spacial score (nSPS) is 16.8. The lowest BCUT2D eigenvalue weighted by atomic mass is 10.1. The number of fused-ring (bicyclic) bond motifs is 1. The number of aromatic nitrogens is 4. The number of nitrogens with zero attached hydrogens (tertiary/aromatic N) is 4. The van der Waals surface area contributed by atoms with Gasteiger partial charge in [0.05, 0.1) is 12.2 Å². The molecule has 0 spiro atoms. The third kappa shape index (κ3) is 5.32. The summed E-state index contributed by atoms with van der Waals surface area (Å²) in [4.78, 5) is 33.7. The van der Waals surface area contributed by atoms with Crippen molar-refractivity contribution < 1.29 is 27.4 Å². The van der Waals surface area contributed by atoms with Crippen LogP contribution in [0.15, 0.2) is 35.3 Å². The third-order valence-corrected chi connectivity index (χ3v) is 5.23. The summed E-state index contributed by atoms with van der Waals surface area (Å²) >= 11 is 0. The molecule has 3 heterocycles. The second kappa shape index (κ2) is 8.65. The van der Waals surface area contributed by atoms with Crippen LogP contribution >= 0.6 is 0 Å². The van der Waals surface area contributed by atoms with Crippen molar-refractivity contribution in [2.24, 2.45) is 0 Å². The van der Waals surface area contributed by atoms with Crippen molar-refractivity contribution in [3.8, 4) is 5.75 Å². The summed E-state index contributed by atoms with van der Waals surface area (Å²) in [6.07, 6.45) is -3.39. The number of likely N-dealkylation sites (tertiary alicyclic amines) is 1. The number of H-pyrrole nitrogens is 1. The highest BCUT2D eigenvalue weighted by Gasteiger charge is 2.33. The van der Waals surface area contributed by atoms with Gasteiger partial charge in [0.25, 0.3) is 5.56 Å². The van der Waals surface area contributed by atoms with Crippen molar-refractivity contribution in [1.29, 1.82) is 0 Å². The van der Waals surface area contributed by atoms with E-state index in [1.54, 1.807) is 36.4 Å². The minimum absolute atomic E-state index is 0.0860. The molecular weight excluding hydrogens is 455 g/mol. The number of halogens is 3. The summed E-state index contributed by atoms with van der Waals surface area (Å²) in [5.74, 6) is -0.200. The Bertz CT molecular complexity index is 1260. The quantitative estimate of drug-likeness (QED) is 0.611. The summed E-state index contributed by atoms with van der Waals surface area (Å²) in [7, 11) is 0. The molecule has 12 heteroatoms. The third-order valence-electron chi connectivity index (χ3n) is 5.23. The first kappa shape index (κ1) is 23.6. The van der Waals surface area contributed by atoms with Crippen molar-refractivity contribution in [2.75, 3.05) is 13.1 Å². The summed E-state index contributed by atoms with van der Waals surface area (Å²) in [6, 6.07) is 5.44. The molecule has 4 rings (SSSR count). The van der Waals surface area contributed by atoms with Gasteiger partial charge in [-0.2, -0.15) is 5.10 Å². The fourth-order valence-electron chi connectivity index (χ4n) is 3.82. The van der Waals surface area contributed by atoms with Gasteiger partial charge in [-0.25, -0.2) is 14.5 Å². The number of amides is 1. The van der Waals surface area contributed by atoms with Crippen molar-refractivity contribution in [2.45, 2.75) is 51.6 Å². The zero-order chi connectivity index (χ0) is 24.7. The van der Waals surface area contributed by atoms with Crippen LogP contribution in [0, 0.1) is 0 Å². The number of rotatable bonds is 4. The van der Waals surface area contributed by atoms with Crippen LogP contribution in [0.1, 0.15) is 44.6 Å². The van der Waals surface area contributed by atoms with E-state index >= 15 is 0 Å². The molecule has 182 valence electrons. The lowest BCUT2D eigenvalue weighted by Gasteiger charge is -2.24. The lowest BCUT2D eigenvalue weighted by molar-refractivity contribution is -0.274. The number of benzene rings is 1. The van der Waals surface area contributed by atoms with Gasteiger partial charge < -0.3 is 19.4 Å². The molecule has 0 aliphatic carbocycles. The molecule has 1 saturated heterocycles. The molecule has 0 bridgehead atoms. The SMILES string of the molecule is CC(C)(C)OC(=O)N1CCC(n2ncc3c(=O)[nH]c(Cc4ccccc4OC(F)(F)F)nc32)C1. The van der Waals surface area contributed by atoms with E-state index in [0.29, 0.717) is 25.2 Å². The highest BCUT2D eigenvalue weighted by Crippen LogP contribution is 2.28. The molecule has 34 heavy (non-hydrogen) atoms. The van der Waals surface area contributed by atoms with Gasteiger partial charge in [0.15, 0.2) is 5.65 Å². The lowest BCUT2D eigenvalue weighted by Crippen LogP contribution is -2.35. The smallest absolute Gasteiger partial charge is 0.444 e. The molecule has 1 atom stereocenters. The van der Waals surface area contributed by atoms with Crippen LogP contribution < -0.4 is 10.3 Å². The number of alkyl halides is 3.